The second-order valence-corrected chi connectivity index (χ2v) is 4.02. The molecule has 2 rings (SSSR count). The highest BCUT2D eigenvalue weighted by molar-refractivity contribution is 5.98. The van der Waals surface area contributed by atoms with Gasteiger partial charge in [-0.15, -0.1) is 0 Å². The van der Waals surface area contributed by atoms with E-state index < -0.39 is 5.97 Å². The fourth-order valence-electron chi connectivity index (χ4n) is 1.82. The molecule has 0 amide bonds. The first-order chi connectivity index (χ1) is 9.06. The van der Waals surface area contributed by atoms with Crippen LogP contribution in [0.4, 0.5) is 5.82 Å². The van der Waals surface area contributed by atoms with Crippen LogP contribution in [0.15, 0.2) is 18.2 Å². The SMILES string of the molecule is [C-]#[N+]c1nn(CC(C)=O)c2cc(C(=O)OC)ccc12. The van der Waals surface area contributed by atoms with Crippen LogP contribution in [0, 0.1) is 6.57 Å². The number of esters is 1. The second kappa shape index (κ2) is 4.90. The van der Waals surface area contributed by atoms with E-state index in [9.17, 15) is 9.59 Å². The Bertz CT molecular complexity index is 710. The molecule has 1 heterocycles. The van der Waals surface area contributed by atoms with Gasteiger partial charge in [0.05, 0.1) is 18.2 Å². The van der Waals surface area contributed by atoms with Crippen LogP contribution >= 0.6 is 0 Å². The molecule has 0 aliphatic heterocycles. The Morgan fingerprint density at radius 3 is 2.79 bits per heavy atom. The third-order valence-electron chi connectivity index (χ3n) is 2.63. The average Bonchev–Trinajstić information content (AvgIpc) is 2.74. The minimum Gasteiger partial charge on any atom is -0.465 e. The van der Waals surface area contributed by atoms with Gasteiger partial charge in [-0.1, -0.05) is 12.6 Å². The number of fused-ring (bicyclic) bond motifs is 1. The van der Waals surface area contributed by atoms with Crippen LogP contribution in [0.3, 0.4) is 0 Å². The summed E-state index contributed by atoms with van der Waals surface area (Å²) in [6, 6.07) is 4.78. The molecule has 96 valence electrons. The Kier molecular flexibility index (Phi) is 3.29. The molecule has 0 N–H and O–H groups in total. The molecular formula is C13H11N3O3. The maximum Gasteiger partial charge on any atom is 0.337 e. The van der Waals surface area contributed by atoms with Gasteiger partial charge in [-0.25, -0.2) is 4.79 Å². The normalized spacial score (nSPS) is 10.2. The van der Waals surface area contributed by atoms with Crippen molar-refractivity contribution in [3.05, 3.63) is 35.2 Å². The molecule has 6 heteroatoms. The van der Waals surface area contributed by atoms with Gasteiger partial charge in [0.2, 0.25) is 0 Å². The van der Waals surface area contributed by atoms with Crippen molar-refractivity contribution in [2.75, 3.05) is 7.11 Å². The summed E-state index contributed by atoms with van der Waals surface area (Å²) in [5.74, 6) is -0.334. The molecule has 0 saturated carbocycles. The highest BCUT2D eigenvalue weighted by atomic mass is 16.5. The number of hydrogen-bond acceptors (Lipinski definition) is 4. The summed E-state index contributed by atoms with van der Waals surface area (Å²) >= 11 is 0. The number of carbonyl (C=O) groups is 2. The molecule has 0 atom stereocenters. The van der Waals surface area contributed by atoms with E-state index in [1.807, 2.05) is 0 Å². The third-order valence-corrected chi connectivity index (χ3v) is 2.63. The molecule has 2 aromatic rings. The number of carbonyl (C=O) groups excluding carboxylic acids is 2. The van der Waals surface area contributed by atoms with Gasteiger partial charge < -0.3 is 9.58 Å². The van der Waals surface area contributed by atoms with Crippen molar-refractivity contribution in [2.24, 2.45) is 0 Å². The van der Waals surface area contributed by atoms with Gasteiger partial charge in [-0.3, -0.25) is 4.79 Å². The number of aromatic nitrogens is 2. The number of benzene rings is 1. The molecule has 0 radical (unpaired) electrons. The number of Topliss-reactive ketones (excluding diaryl/α,β-unsaturated/α-hetero) is 1. The number of ketones is 1. The fourth-order valence-corrected chi connectivity index (χ4v) is 1.82. The summed E-state index contributed by atoms with van der Waals surface area (Å²) < 4.78 is 6.07. The summed E-state index contributed by atoms with van der Waals surface area (Å²) in [5, 5.41) is 4.68. The summed E-state index contributed by atoms with van der Waals surface area (Å²) in [6.07, 6.45) is 0. The molecule has 0 saturated heterocycles. The molecule has 0 unspecified atom stereocenters. The maximum absolute atomic E-state index is 11.5. The Labute approximate surface area is 109 Å². The first-order valence-corrected chi connectivity index (χ1v) is 5.52. The number of ether oxygens (including phenoxy) is 1. The zero-order valence-corrected chi connectivity index (χ0v) is 10.5. The lowest BCUT2D eigenvalue weighted by Gasteiger charge is -2.00. The molecule has 0 spiro atoms. The highest BCUT2D eigenvalue weighted by Crippen LogP contribution is 2.26. The van der Waals surface area contributed by atoms with E-state index >= 15 is 0 Å². The van der Waals surface area contributed by atoms with E-state index in [4.69, 9.17) is 6.57 Å². The van der Waals surface area contributed by atoms with Crippen molar-refractivity contribution in [3.63, 3.8) is 0 Å². The zero-order valence-electron chi connectivity index (χ0n) is 10.5. The summed E-state index contributed by atoms with van der Waals surface area (Å²) in [7, 11) is 1.30. The van der Waals surface area contributed by atoms with Gasteiger partial charge in [0.1, 0.15) is 6.54 Å². The van der Waals surface area contributed by atoms with E-state index in [0.29, 0.717) is 16.5 Å². The van der Waals surface area contributed by atoms with Crippen LogP contribution in [-0.4, -0.2) is 28.6 Å². The zero-order chi connectivity index (χ0) is 14.0. The quantitative estimate of drug-likeness (QED) is 0.622. The van der Waals surface area contributed by atoms with Crippen LogP contribution in [0.25, 0.3) is 15.7 Å². The Morgan fingerprint density at radius 1 is 1.47 bits per heavy atom. The third kappa shape index (κ3) is 2.31. The molecule has 1 aromatic carbocycles. The van der Waals surface area contributed by atoms with E-state index in [1.54, 1.807) is 18.2 Å². The van der Waals surface area contributed by atoms with Gasteiger partial charge in [0.15, 0.2) is 5.78 Å². The second-order valence-electron chi connectivity index (χ2n) is 4.02. The molecule has 0 fully saturated rings. The lowest BCUT2D eigenvalue weighted by molar-refractivity contribution is -0.117. The summed E-state index contributed by atoms with van der Waals surface area (Å²) in [4.78, 5) is 26.0. The first-order valence-electron chi connectivity index (χ1n) is 5.52. The van der Waals surface area contributed by atoms with Crippen LogP contribution in [0.2, 0.25) is 0 Å². The molecule has 19 heavy (non-hydrogen) atoms. The predicted octanol–water partition coefficient (Wildman–Crippen LogP) is 1.96. The van der Waals surface area contributed by atoms with Crippen molar-refractivity contribution in [3.8, 4) is 0 Å². The Morgan fingerprint density at radius 2 is 2.21 bits per heavy atom. The van der Waals surface area contributed by atoms with Crippen molar-refractivity contribution in [2.45, 2.75) is 13.5 Å². The van der Waals surface area contributed by atoms with E-state index in [-0.39, 0.29) is 18.1 Å². The van der Waals surface area contributed by atoms with Gasteiger partial charge in [0, 0.05) is 5.39 Å². The predicted molar refractivity (Wildman–Crippen MR) is 68.0 cm³/mol. The maximum atomic E-state index is 11.5. The van der Waals surface area contributed by atoms with E-state index in [1.165, 1.54) is 18.7 Å². The van der Waals surface area contributed by atoms with Crippen molar-refractivity contribution in [1.82, 2.24) is 9.78 Å². The molecule has 0 aliphatic rings. The van der Waals surface area contributed by atoms with Crippen molar-refractivity contribution in [1.29, 1.82) is 0 Å². The van der Waals surface area contributed by atoms with Crippen LogP contribution in [-0.2, 0) is 16.1 Å². The molecule has 6 nitrogen and oxygen atoms in total. The molecule has 0 bridgehead atoms. The smallest absolute Gasteiger partial charge is 0.337 e. The monoisotopic (exact) mass is 257 g/mol. The topological polar surface area (TPSA) is 65.5 Å². The lowest BCUT2D eigenvalue weighted by atomic mass is 10.1. The minimum absolute atomic E-state index is 0.0661. The Hall–Kier alpha value is -2.68. The van der Waals surface area contributed by atoms with Gasteiger partial charge in [0.25, 0.3) is 0 Å². The van der Waals surface area contributed by atoms with Gasteiger partial charge in [-0.2, -0.15) is 4.68 Å². The van der Waals surface area contributed by atoms with Crippen molar-refractivity contribution < 1.29 is 14.3 Å². The molecule has 0 aliphatic carbocycles. The standard InChI is InChI=1S/C13H11N3O3/c1-8(17)7-16-11-6-9(13(18)19-3)4-5-10(11)12(14-2)15-16/h4-6H,7H2,1,3H3. The summed E-state index contributed by atoms with van der Waals surface area (Å²) in [6.45, 7) is 8.57. The number of hydrogen-bond donors (Lipinski definition) is 0. The highest BCUT2D eigenvalue weighted by Gasteiger charge is 2.16. The van der Waals surface area contributed by atoms with E-state index in [2.05, 4.69) is 14.7 Å². The number of nitrogens with zero attached hydrogens (tertiary/aromatic N) is 3. The fraction of sp³-hybridized carbons (Fsp3) is 0.231. The first kappa shape index (κ1) is 12.8. The minimum atomic E-state index is -0.471. The Balaban J connectivity index is 2.65. The summed E-state index contributed by atoms with van der Waals surface area (Å²) in [5.41, 5.74) is 0.931. The van der Waals surface area contributed by atoms with Crippen LogP contribution in [0.5, 0.6) is 0 Å². The van der Waals surface area contributed by atoms with E-state index in [0.717, 1.165) is 0 Å². The van der Waals surface area contributed by atoms with Gasteiger partial charge >= 0.3 is 11.8 Å². The largest absolute Gasteiger partial charge is 0.465 e. The van der Waals surface area contributed by atoms with Crippen LogP contribution in [0.1, 0.15) is 17.3 Å². The molecule has 1 aromatic heterocycles. The van der Waals surface area contributed by atoms with Crippen molar-refractivity contribution >= 4 is 28.5 Å². The number of rotatable bonds is 3. The molecular weight excluding hydrogens is 246 g/mol. The number of methoxy groups -OCH3 is 1. The van der Waals surface area contributed by atoms with Crippen LogP contribution < -0.4 is 0 Å². The average molecular weight is 257 g/mol. The van der Waals surface area contributed by atoms with Gasteiger partial charge in [-0.05, 0) is 24.2 Å². The lowest BCUT2D eigenvalue weighted by Crippen LogP contribution is -2.08.